The topological polar surface area (TPSA) is 269 Å². The SMILES string of the molecule is CCCCCCCCCCCCCCCCCCN(CCCCCCCCCCCCCCCCCC)CCCN[C@@H](CCCC(C(=O)[C@@H](N)CCCCN)N(C(=O)[C@@H](N)CCCCN)C(=O)[C@@H](N)CCCCN)C(N)=O. The lowest BCUT2D eigenvalue weighted by Gasteiger charge is -2.34. The number of Topliss-reactive ketones (excluding diaryl/α,β-unsaturated/α-hetero) is 1. The van der Waals surface area contributed by atoms with Crippen molar-refractivity contribution in [1.29, 1.82) is 0 Å². The van der Waals surface area contributed by atoms with E-state index in [1.807, 2.05) is 0 Å². The molecular weight excluding hydrogens is 961 g/mol. The van der Waals surface area contributed by atoms with Crippen LogP contribution in [0.3, 0.4) is 0 Å². The van der Waals surface area contributed by atoms with E-state index in [4.69, 9.17) is 40.1 Å². The number of amides is 3. The molecule has 0 saturated carbocycles. The summed E-state index contributed by atoms with van der Waals surface area (Å²) in [7, 11) is 0. The number of primary amides is 1. The van der Waals surface area contributed by atoms with Gasteiger partial charge in [0.05, 0.1) is 30.2 Å². The number of ketones is 1. The predicted molar refractivity (Wildman–Crippen MR) is 328 cm³/mol. The van der Waals surface area contributed by atoms with Gasteiger partial charge in [-0.1, -0.05) is 226 Å². The number of hydrogen-bond donors (Lipinski definition) is 8. The molecule has 5 atom stereocenters. The quantitative estimate of drug-likeness (QED) is 0.0264. The summed E-state index contributed by atoms with van der Waals surface area (Å²) in [5.74, 6) is -2.20. The Labute approximate surface area is 474 Å². The summed E-state index contributed by atoms with van der Waals surface area (Å²) in [5, 5.41) is 3.42. The third-order valence-corrected chi connectivity index (χ3v) is 16.0. The molecule has 0 radical (unpaired) electrons. The molecule has 3 amide bonds. The Balaban J connectivity index is 5.50. The molecule has 15 N–H and O–H groups in total. The van der Waals surface area contributed by atoms with Crippen molar-refractivity contribution in [2.75, 3.05) is 45.8 Å². The van der Waals surface area contributed by atoms with E-state index in [9.17, 15) is 19.2 Å². The summed E-state index contributed by atoms with van der Waals surface area (Å²) in [6.45, 7) is 9.69. The lowest BCUT2D eigenvalue weighted by atomic mass is 9.92. The molecule has 0 heterocycles. The molecule has 456 valence electrons. The number of unbranched alkanes of at least 4 members (excludes halogenated alkanes) is 33. The van der Waals surface area contributed by atoms with Crippen LogP contribution in [0.15, 0.2) is 0 Å². The zero-order valence-electron chi connectivity index (χ0n) is 50.7. The van der Waals surface area contributed by atoms with Crippen LogP contribution in [0.4, 0.5) is 0 Å². The number of rotatable bonds is 61. The fourth-order valence-electron chi connectivity index (χ4n) is 10.9. The Bertz CT molecular complexity index is 1280. The maximum Gasteiger partial charge on any atom is 0.246 e. The lowest BCUT2D eigenvalue weighted by molar-refractivity contribution is -0.154. The Morgan fingerprint density at radius 3 is 1.00 bits per heavy atom. The van der Waals surface area contributed by atoms with Gasteiger partial charge in [0, 0.05) is 0 Å². The Morgan fingerprint density at radius 2 is 0.675 bits per heavy atom. The van der Waals surface area contributed by atoms with Crippen molar-refractivity contribution in [3.05, 3.63) is 0 Å². The molecule has 0 aromatic heterocycles. The molecule has 0 aliphatic rings. The second kappa shape index (κ2) is 55.8. The van der Waals surface area contributed by atoms with Crippen LogP contribution in [-0.4, -0.2) is 109 Å². The van der Waals surface area contributed by atoms with Gasteiger partial charge in [0.25, 0.3) is 0 Å². The van der Waals surface area contributed by atoms with Crippen LogP contribution in [0.1, 0.15) is 303 Å². The third-order valence-electron chi connectivity index (χ3n) is 16.0. The first-order chi connectivity index (χ1) is 37.5. The number of carbonyl (C=O) groups excluding carboxylic acids is 4. The van der Waals surface area contributed by atoms with Crippen molar-refractivity contribution in [3.8, 4) is 0 Å². The highest BCUT2D eigenvalue weighted by atomic mass is 16.2. The van der Waals surface area contributed by atoms with Crippen LogP contribution in [-0.2, 0) is 19.2 Å². The van der Waals surface area contributed by atoms with Gasteiger partial charge in [-0.25, -0.2) is 0 Å². The van der Waals surface area contributed by atoms with Crippen molar-refractivity contribution >= 4 is 23.5 Å². The molecule has 0 saturated heterocycles. The zero-order valence-corrected chi connectivity index (χ0v) is 50.7. The maximum atomic E-state index is 14.3. The highest BCUT2D eigenvalue weighted by molar-refractivity contribution is 6.05. The average Bonchev–Trinajstić information content (AvgIpc) is 3.42. The molecular formula is C63H130N10O4. The average molecular weight is 1090 g/mol. The lowest BCUT2D eigenvalue weighted by Crippen LogP contribution is -2.60. The predicted octanol–water partition coefficient (Wildman–Crippen LogP) is 11.5. The smallest absolute Gasteiger partial charge is 0.246 e. The third kappa shape index (κ3) is 43.4. The van der Waals surface area contributed by atoms with Gasteiger partial charge >= 0.3 is 0 Å². The summed E-state index contributed by atoms with van der Waals surface area (Å²) in [6.07, 6.45) is 50.1. The summed E-state index contributed by atoms with van der Waals surface area (Å²) in [6, 6.07) is -4.82. The molecule has 0 spiro atoms. The van der Waals surface area contributed by atoms with E-state index in [0.717, 1.165) is 31.0 Å². The van der Waals surface area contributed by atoms with Gasteiger partial charge in [0.2, 0.25) is 17.7 Å². The first kappa shape index (κ1) is 75.0. The molecule has 0 aliphatic heterocycles. The minimum atomic E-state index is -1.19. The second-order valence-electron chi connectivity index (χ2n) is 23.3. The van der Waals surface area contributed by atoms with Crippen LogP contribution in [0, 0.1) is 0 Å². The van der Waals surface area contributed by atoms with Gasteiger partial charge < -0.3 is 50.4 Å². The van der Waals surface area contributed by atoms with E-state index in [0.29, 0.717) is 96.8 Å². The summed E-state index contributed by atoms with van der Waals surface area (Å²) in [5.41, 5.74) is 42.5. The largest absolute Gasteiger partial charge is 0.368 e. The van der Waals surface area contributed by atoms with Crippen molar-refractivity contribution in [1.82, 2.24) is 15.1 Å². The van der Waals surface area contributed by atoms with Crippen molar-refractivity contribution in [3.63, 3.8) is 0 Å². The van der Waals surface area contributed by atoms with E-state index in [2.05, 4.69) is 24.1 Å². The van der Waals surface area contributed by atoms with E-state index < -0.39 is 53.7 Å². The first-order valence-electron chi connectivity index (χ1n) is 33.0. The van der Waals surface area contributed by atoms with E-state index in [1.165, 1.54) is 205 Å². The first-order valence-corrected chi connectivity index (χ1v) is 33.0. The summed E-state index contributed by atoms with van der Waals surface area (Å²) in [4.78, 5) is 59.1. The van der Waals surface area contributed by atoms with E-state index in [1.54, 1.807) is 0 Å². The Hall–Kier alpha value is -2.04. The molecule has 0 aromatic rings. The molecule has 0 fully saturated rings. The highest BCUT2D eigenvalue weighted by Crippen LogP contribution is 2.21. The maximum absolute atomic E-state index is 14.3. The standard InChI is InChI=1S/C63H130N10O4/c1-3-5-7-9-11-13-15-17-19-21-23-25-27-29-31-39-52-72(53-40-32-30-28-26-24-22-20-18-16-14-12-10-8-6-4-2)54-42-51-71-58(61(70)75)46-41-47-59(60(74)55(67)43-33-36-48-64)73(62(76)56(68)44-34-37-49-65)63(77)57(69)45-35-38-50-66/h55-59,71H,3-54,64-69H2,1-2H3,(H2,70,75)/t55-,56-,57-,58-,59?/m0/s1. The normalized spacial score (nSPS) is 13.7. The van der Waals surface area contributed by atoms with Crippen LogP contribution < -0.4 is 45.5 Å². The summed E-state index contributed by atoms with van der Waals surface area (Å²) >= 11 is 0. The van der Waals surface area contributed by atoms with Crippen LogP contribution in [0.5, 0.6) is 0 Å². The van der Waals surface area contributed by atoms with Crippen LogP contribution >= 0.6 is 0 Å². The Kier molecular flexibility index (Phi) is 54.4. The molecule has 0 rings (SSSR count). The minimum Gasteiger partial charge on any atom is -0.368 e. The number of nitrogens with zero attached hydrogens (tertiary/aromatic N) is 2. The second-order valence-corrected chi connectivity index (χ2v) is 23.3. The van der Waals surface area contributed by atoms with Gasteiger partial charge in [-0.05, 0) is 123 Å². The zero-order chi connectivity index (χ0) is 56.8. The van der Waals surface area contributed by atoms with Crippen molar-refractivity contribution in [2.45, 2.75) is 333 Å². The minimum absolute atomic E-state index is 0.101. The van der Waals surface area contributed by atoms with Crippen molar-refractivity contribution in [2.24, 2.45) is 40.1 Å². The number of nitrogens with two attached hydrogens (primary N) is 7. The fourth-order valence-corrected chi connectivity index (χ4v) is 10.9. The van der Waals surface area contributed by atoms with Gasteiger partial charge in [-0.2, -0.15) is 0 Å². The van der Waals surface area contributed by atoms with Crippen LogP contribution in [0.2, 0.25) is 0 Å². The van der Waals surface area contributed by atoms with Gasteiger partial charge in [-0.15, -0.1) is 0 Å². The Morgan fingerprint density at radius 1 is 0.364 bits per heavy atom. The number of imide groups is 1. The number of hydrogen-bond acceptors (Lipinski definition) is 12. The number of carbonyl (C=O) groups is 4. The van der Waals surface area contributed by atoms with Crippen LogP contribution in [0.25, 0.3) is 0 Å². The fraction of sp³-hybridized carbons (Fsp3) is 0.937. The summed E-state index contributed by atoms with van der Waals surface area (Å²) < 4.78 is 0. The molecule has 0 aromatic carbocycles. The van der Waals surface area contributed by atoms with Gasteiger partial charge in [-0.3, -0.25) is 24.1 Å². The monoisotopic (exact) mass is 1090 g/mol. The van der Waals surface area contributed by atoms with E-state index in [-0.39, 0.29) is 6.42 Å². The van der Waals surface area contributed by atoms with Gasteiger partial charge in [0.1, 0.15) is 0 Å². The molecule has 77 heavy (non-hydrogen) atoms. The van der Waals surface area contributed by atoms with E-state index >= 15 is 0 Å². The molecule has 14 heteroatoms. The highest BCUT2D eigenvalue weighted by Gasteiger charge is 2.40. The van der Waals surface area contributed by atoms with Crippen molar-refractivity contribution < 1.29 is 19.2 Å². The number of nitrogens with one attached hydrogen (secondary N) is 1. The molecule has 0 bridgehead atoms. The molecule has 0 aliphatic carbocycles. The molecule has 14 nitrogen and oxygen atoms in total. The molecule has 1 unspecified atom stereocenters. The van der Waals surface area contributed by atoms with Gasteiger partial charge in [0.15, 0.2) is 5.78 Å².